The lowest BCUT2D eigenvalue weighted by Crippen LogP contribution is -2.30. The van der Waals surface area contributed by atoms with Crippen molar-refractivity contribution in [3.8, 4) is 0 Å². The summed E-state index contributed by atoms with van der Waals surface area (Å²) < 4.78 is 2.17. The van der Waals surface area contributed by atoms with Crippen molar-refractivity contribution in [1.29, 1.82) is 0 Å². The maximum absolute atomic E-state index is 13.5. The SMILES string of the molecule is Cc1ccccc1NC(=O)Nc1ccc(C(=O)N2Cc3cccn3Cc3ccccc32)cc1. The van der Waals surface area contributed by atoms with Crippen LogP contribution in [0.2, 0.25) is 0 Å². The lowest BCUT2D eigenvalue weighted by molar-refractivity contribution is 0.0985. The lowest BCUT2D eigenvalue weighted by Gasteiger charge is -2.23. The number of urea groups is 1. The van der Waals surface area contributed by atoms with E-state index in [4.69, 9.17) is 0 Å². The average Bonchev–Trinajstić information content (AvgIpc) is 3.19. The maximum atomic E-state index is 13.5. The molecule has 2 heterocycles. The second kappa shape index (κ2) is 8.67. The van der Waals surface area contributed by atoms with Crippen LogP contribution in [0.5, 0.6) is 0 Å². The molecule has 2 N–H and O–H groups in total. The van der Waals surface area contributed by atoms with Gasteiger partial charge in [-0.05, 0) is 66.6 Å². The summed E-state index contributed by atoms with van der Waals surface area (Å²) in [5.74, 6) is -0.0759. The number of anilines is 3. The molecule has 0 atom stereocenters. The van der Waals surface area contributed by atoms with Crippen molar-refractivity contribution in [3.05, 3.63) is 114 Å². The number of hydrogen-bond donors (Lipinski definition) is 2. The molecule has 1 aromatic heterocycles. The Kier molecular flexibility index (Phi) is 5.40. The van der Waals surface area contributed by atoms with E-state index < -0.39 is 0 Å². The first-order valence-electron chi connectivity index (χ1n) is 10.9. The number of amides is 3. The van der Waals surface area contributed by atoms with Gasteiger partial charge in [-0.25, -0.2) is 4.79 Å². The van der Waals surface area contributed by atoms with E-state index in [9.17, 15) is 9.59 Å². The number of nitrogens with zero attached hydrogens (tertiary/aromatic N) is 2. The first-order chi connectivity index (χ1) is 16.1. The van der Waals surface area contributed by atoms with Gasteiger partial charge in [-0.3, -0.25) is 4.79 Å². The molecular formula is C27H24N4O2. The van der Waals surface area contributed by atoms with Crippen LogP contribution in [0.15, 0.2) is 91.1 Å². The zero-order chi connectivity index (χ0) is 22.8. The number of para-hydroxylation sites is 2. The standard InChI is InChI=1S/C27H24N4O2/c1-19-7-2-4-10-24(19)29-27(33)28-22-14-12-20(13-15-22)26(32)31-18-23-9-6-16-30(23)17-21-8-3-5-11-25(21)31/h2-16H,17-18H2,1H3,(H2,28,29,33). The van der Waals surface area contributed by atoms with Crippen LogP contribution < -0.4 is 15.5 Å². The van der Waals surface area contributed by atoms with Gasteiger partial charge in [-0.2, -0.15) is 0 Å². The van der Waals surface area contributed by atoms with Crippen molar-refractivity contribution < 1.29 is 9.59 Å². The number of nitrogens with one attached hydrogen (secondary N) is 2. The van der Waals surface area contributed by atoms with Crippen molar-refractivity contribution in [3.63, 3.8) is 0 Å². The van der Waals surface area contributed by atoms with Crippen molar-refractivity contribution >= 4 is 29.0 Å². The van der Waals surface area contributed by atoms with Gasteiger partial charge in [-0.1, -0.05) is 36.4 Å². The molecule has 3 amide bonds. The van der Waals surface area contributed by atoms with Gasteiger partial charge in [-0.15, -0.1) is 0 Å². The van der Waals surface area contributed by atoms with E-state index in [2.05, 4.69) is 21.3 Å². The number of fused-ring (bicyclic) bond motifs is 2. The zero-order valence-corrected chi connectivity index (χ0v) is 18.3. The summed E-state index contributed by atoms with van der Waals surface area (Å²) in [6.45, 7) is 3.18. The summed E-state index contributed by atoms with van der Waals surface area (Å²) in [7, 11) is 0. The van der Waals surface area contributed by atoms with Crippen molar-refractivity contribution in [2.45, 2.75) is 20.0 Å². The highest BCUT2D eigenvalue weighted by Gasteiger charge is 2.24. The molecule has 6 heteroatoms. The Morgan fingerprint density at radius 3 is 2.36 bits per heavy atom. The third-order valence-corrected chi connectivity index (χ3v) is 5.89. The quantitative estimate of drug-likeness (QED) is 0.436. The van der Waals surface area contributed by atoms with E-state index in [-0.39, 0.29) is 11.9 Å². The Bertz CT molecular complexity index is 1320. The monoisotopic (exact) mass is 436 g/mol. The highest BCUT2D eigenvalue weighted by molar-refractivity contribution is 6.07. The molecule has 0 spiro atoms. The third kappa shape index (κ3) is 4.23. The molecule has 0 bridgehead atoms. The second-order valence-corrected chi connectivity index (χ2v) is 8.12. The number of carbonyl (C=O) groups is 2. The van der Waals surface area contributed by atoms with Gasteiger partial charge in [0.05, 0.1) is 6.54 Å². The van der Waals surface area contributed by atoms with Crippen LogP contribution in [0.1, 0.15) is 27.2 Å². The molecule has 0 aliphatic carbocycles. The van der Waals surface area contributed by atoms with Crippen LogP contribution in [0, 0.1) is 6.92 Å². The number of benzene rings is 3. The molecule has 6 nitrogen and oxygen atoms in total. The number of aryl methyl sites for hydroxylation is 1. The van der Waals surface area contributed by atoms with Crippen LogP contribution in [-0.4, -0.2) is 16.5 Å². The van der Waals surface area contributed by atoms with E-state index in [1.165, 1.54) is 0 Å². The fourth-order valence-electron chi connectivity index (χ4n) is 4.12. The maximum Gasteiger partial charge on any atom is 0.323 e. The van der Waals surface area contributed by atoms with Crippen LogP contribution in [0.25, 0.3) is 0 Å². The number of carbonyl (C=O) groups excluding carboxylic acids is 2. The Hall–Kier alpha value is -4.32. The van der Waals surface area contributed by atoms with E-state index >= 15 is 0 Å². The molecule has 4 aromatic rings. The smallest absolute Gasteiger partial charge is 0.323 e. The van der Waals surface area contributed by atoms with E-state index in [1.54, 1.807) is 24.3 Å². The predicted molar refractivity (Wildman–Crippen MR) is 131 cm³/mol. The summed E-state index contributed by atoms with van der Waals surface area (Å²) in [5, 5.41) is 5.67. The number of rotatable bonds is 3. The Morgan fingerprint density at radius 2 is 1.55 bits per heavy atom. The summed E-state index contributed by atoms with van der Waals surface area (Å²) in [6, 6.07) is 26.3. The highest BCUT2D eigenvalue weighted by atomic mass is 16.2. The average molecular weight is 437 g/mol. The molecule has 5 rings (SSSR count). The fraction of sp³-hybridized carbons (Fsp3) is 0.111. The molecule has 1 aliphatic rings. The number of aromatic nitrogens is 1. The van der Waals surface area contributed by atoms with E-state index in [1.807, 2.05) is 72.6 Å². The van der Waals surface area contributed by atoms with Gasteiger partial charge in [0.1, 0.15) is 0 Å². The molecule has 3 aromatic carbocycles. The first-order valence-corrected chi connectivity index (χ1v) is 10.9. The molecule has 164 valence electrons. The van der Waals surface area contributed by atoms with Crippen molar-refractivity contribution in [2.24, 2.45) is 0 Å². The summed E-state index contributed by atoms with van der Waals surface area (Å²) in [6.07, 6.45) is 2.04. The minimum Gasteiger partial charge on any atom is -0.345 e. The van der Waals surface area contributed by atoms with Gasteiger partial charge in [0.2, 0.25) is 0 Å². The van der Waals surface area contributed by atoms with Crippen molar-refractivity contribution in [2.75, 3.05) is 15.5 Å². The second-order valence-electron chi connectivity index (χ2n) is 8.12. The minimum atomic E-state index is -0.328. The van der Waals surface area contributed by atoms with E-state index in [0.29, 0.717) is 17.8 Å². The van der Waals surface area contributed by atoms with E-state index in [0.717, 1.165) is 34.7 Å². The van der Waals surface area contributed by atoms with Crippen LogP contribution in [0.4, 0.5) is 21.9 Å². The highest BCUT2D eigenvalue weighted by Crippen LogP contribution is 2.29. The van der Waals surface area contributed by atoms with Gasteiger partial charge in [0.15, 0.2) is 0 Å². The number of hydrogen-bond acceptors (Lipinski definition) is 2. The van der Waals surface area contributed by atoms with Gasteiger partial charge < -0.3 is 20.1 Å². The lowest BCUT2D eigenvalue weighted by atomic mass is 10.1. The van der Waals surface area contributed by atoms with Crippen LogP contribution in [-0.2, 0) is 13.1 Å². The van der Waals surface area contributed by atoms with Gasteiger partial charge in [0, 0.05) is 41.1 Å². The fourth-order valence-corrected chi connectivity index (χ4v) is 4.12. The molecule has 33 heavy (non-hydrogen) atoms. The van der Waals surface area contributed by atoms with Crippen LogP contribution in [0.3, 0.4) is 0 Å². The zero-order valence-electron chi connectivity index (χ0n) is 18.3. The van der Waals surface area contributed by atoms with Crippen LogP contribution >= 0.6 is 0 Å². The normalized spacial score (nSPS) is 12.3. The Morgan fingerprint density at radius 1 is 0.788 bits per heavy atom. The minimum absolute atomic E-state index is 0.0759. The summed E-state index contributed by atoms with van der Waals surface area (Å²) >= 11 is 0. The van der Waals surface area contributed by atoms with Gasteiger partial charge in [0.25, 0.3) is 5.91 Å². The molecule has 0 saturated carbocycles. The summed E-state index contributed by atoms with van der Waals surface area (Å²) in [4.78, 5) is 27.7. The Labute approximate surface area is 192 Å². The first kappa shape index (κ1) is 20.6. The third-order valence-electron chi connectivity index (χ3n) is 5.89. The Balaban J connectivity index is 1.33. The molecule has 0 saturated heterocycles. The molecule has 0 radical (unpaired) electrons. The van der Waals surface area contributed by atoms with Gasteiger partial charge >= 0.3 is 6.03 Å². The molecule has 0 fully saturated rings. The molecule has 0 unspecified atom stereocenters. The molecule has 1 aliphatic heterocycles. The predicted octanol–water partition coefficient (Wildman–Crippen LogP) is 5.65. The van der Waals surface area contributed by atoms with Crippen molar-refractivity contribution in [1.82, 2.24) is 4.57 Å². The molecular weight excluding hydrogens is 412 g/mol. The summed E-state index contributed by atoms with van der Waals surface area (Å²) in [5.41, 5.74) is 6.03. The topological polar surface area (TPSA) is 66.4 Å². The largest absolute Gasteiger partial charge is 0.345 e.